The van der Waals surface area contributed by atoms with Gasteiger partial charge in [0.25, 0.3) is 5.91 Å². The highest BCUT2D eigenvalue weighted by Gasteiger charge is 2.43. The number of hydrogen-bond donors (Lipinski definition) is 3. The van der Waals surface area contributed by atoms with Crippen LogP contribution in [-0.2, 0) is 44.4 Å². The van der Waals surface area contributed by atoms with Crippen molar-refractivity contribution >= 4 is 42.3 Å². The van der Waals surface area contributed by atoms with E-state index in [1.807, 2.05) is 0 Å². The van der Waals surface area contributed by atoms with Crippen LogP contribution in [0.5, 0.6) is 0 Å². The maximum absolute atomic E-state index is 14.6. The van der Waals surface area contributed by atoms with E-state index in [1.54, 1.807) is 45.5 Å². The molecule has 0 aromatic carbocycles. The highest BCUT2D eigenvalue weighted by atomic mass is 31.2. The molecule has 3 N–H and O–H groups in total. The number of unbranched alkanes of at least 4 members (excludes halogenated alkanes) is 6. The van der Waals surface area contributed by atoms with Crippen LogP contribution in [0.4, 0.5) is 5.82 Å². The number of nitrogens with one attached hydrogen (secondary N) is 3. The summed E-state index contributed by atoms with van der Waals surface area (Å²) in [5.41, 5.74) is -1.92. The molecule has 15 nitrogen and oxygen atoms in total. The van der Waals surface area contributed by atoms with E-state index in [0.29, 0.717) is 29.8 Å². The minimum atomic E-state index is -3.84. The van der Waals surface area contributed by atoms with Crippen molar-refractivity contribution in [1.29, 1.82) is 0 Å². The van der Waals surface area contributed by atoms with Crippen molar-refractivity contribution in [2.75, 3.05) is 24.9 Å². The lowest BCUT2D eigenvalue weighted by molar-refractivity contribution is -0.149. The summed E-state index contributed by atoms with van der Waals surface area (Å²) in [6.07, 6.45) is 10.0. The Balaban J connectivity index is 1.72. The molecular weight excluding hydrogens is 677 g/mol. The molecular formula is C35H58N7O8P. The Kier molecular flexibility index (Phi) is 16.0. The third-order valence-corrected chi connectivity index (χ3v) is 10.7. The summed E-state index contributed by atoms with van der Waals surface area (Å²) in [7, 11) is -3.84. The number of amides is 1. The van der Waals surface area contributed by atoms with Crippen LogP contribution in [0.2, 0.25) is 0 Å². The van der Waals surface area contributed by atoms with Crippen LogP contribution in [0, 0.1) is 0 Å². The normalized spacial score (nSPS) is 15.8. The van der Waals surface area contributed by atoms with Gasteiger partial charge in [0.05, 0.1) is 37.9 Å². The SMILES string of the molecule is C=C1CC[C@H](C(=O)Nc2ncnc3c2ncn3C[C@@H](C)OCP(=O)(NC(C)(C)C(=O)OCCCCCC)NC(C)(C)C(=O)OCCCCCC)O1. The monoisotopic (exact) mass is 735 g/mol. The molecule has 1 aliphatic heterocycles. The van der Waals surface area contributed by atoms with Crippen LogP contribution in [0.1, 0.15) is 113 Å². The fraction of sp³-hybridized carbons (Fsp3) is 0.714. The van der Waals surface area contributed by atoms with Gasteiger partial charge in [0.15, 0.2) is 23.1 Å². The number of carbonyl (C=O) groups is 3. The van der Waals surface area contributed by atoms with Crippen LogP contribution < -0.4 is 15.5 Å². The standard InChI is InChI=1S/C35H58N7O8P/c1-9-11-13-15-19-47-32(44)34(5,6)40-51(46,41-35(7,8)33(45)48-20-16-14-12-10-2)24-49-26(4)21-42-23-38-28-29(36-22-37-30(28)42)39-31(43)27-18-17-25(3)50-27/h22-23,26-27H,3,9-21,24H2,1-2,4-8H3,(H2,40,41,46)(H,36,37,39,43)/t26-,27-/m1/s1. The molecule has 0 spiro atoms. The second-order valence-corrected chi connectivity index (χ2v) is 16.4. The largest absolute Gasteiger partial charge is 0.486 e. The van der Waals surface area contributed by atoms with E-state index in [9.17, 15) is 18.9 Å². The van der Waals surface area contributed by atoms with E-state index < -0.39 is 42.7 Å². The van der Waals surface area contributed by atoms with Crippen LogP contribution >= 0.6 is 7.44 Å². The number of fused-ring (bicyclic) bond motifs is 1. The minimum Gasteiger partial charge on any atom is -0.486 e. The van der Waals surface area contributed by atoms with Gasteiger partial charge in [-0.05, 0) is 47.5 Å². The fourth-order valence-corrected chi connectivity index (χ4v) is 8.13. The van der Waals surface area contributed by atoms with Crippen LogP contribution in [-0.4, -0.2) is 80.2 Å². The number of rotatable bonds is 23. The van der Waals surface area contributed by atoms with Gasteiger partial charge < -0.3 is 28.8 Å². The molecule has 16 heteroatoms. The Labute approximate surface area is 301 Å². The molecule has 1 aliphatic rings. The van der Waals surface area contributed by atoms with Crippen LogP contribution in [0.15, 0.2) is 25.0 Å². The summed E-state index contributed by atoms with van der Waals surface area (Å²) in [5.74, 6) is -0.666. The first kappa shape index (κ1) is 42.0. The summed E-state index contributed by atoms with van der Waals surface area (Å²) >= 11 is 0. The summed E-state index contributed by atoms with van der Waals surface area (Å²) in [6.45, 7) is 16.9. The Morgan fingerprint density at radius 3 is 2.08 bits per heavy atom. The van der Waals surface area contributed by atoms with Gasteiger partial charge in [0.2, 0.25) is 7.44 Å². The fourth-order valence-electron chi connectivity index (χ4n) is 5.50. The Morgan fingerprint density at radius 1 is 0.961 bits per heavy atom. The zero-order chi connectivity index (χ0) is 37.7. The number of nitrogens with zero attached hydrogens (tertiary/aromatic N) is 4. The lowest BCUT2D eigenvalue weighted by Crippen LogP contribution is -2.54. The average Bonchev–Trinajstić information content (AvgIpc) is 3.69. The number of hydrogen-bond acceptors (Lipinski definition) is 11. The van der Waals surface area contributed by atoms with Crippen molar-refractivity contribution in [3.8, 4) is 0 Å². The Hall–Kier alpha value is -3.39. The van der Waals surface area contributed by atoms with Crippen molar-refractivity contribution in [3.05, 3.63) is 25.0 Å². The van der Waals surface area contributed by atoms with E-state index in [-0.39, 0.29) is 37.8 Å². The average molecular weight is 736 g/mol. The second-order valence-electron chi connectivity index (χ2n) is 14.2. The first-order valence-electron chi connectivity index (χ1n) is 18.1. The molecule has 51 heavy (non-hydrogen) atoms. The lowest BCUT2D eigenvalue weighted by atomic mass is 10.1. The zero-order valence-electron chi connectivity index (χ0n) is 31.4. The first-order chi connectivity index (χ1) is 24.1. The number of esters is 2. The molecule has 0 bridgehead atoms. The van der Waals surface area contributed by atoms with E-state index in [4.69, 9.17) is 18.9 Å². The molecule has 2 aromatic rings. The van der Waals surface area contributed by atoms with Crippen LogP contribution in [0.25, 0.3) is 11.2 Å². The van der Waals surface area contributed by atoms with Crippen molar-refractivity contribution < 1.29 is 37.9 Å². The van der Waals surface area contributed by atoms with E-state index in [0.717, 1.165) is 51.4 Å². The van der Waals surface area contributed by atoms with Crippen molar-refractivity contribution in [2.24, 2.45) is 0 Å². The zero-order valence-corrected chi connectivity index (χ0v) is 32.3. The second kappa shape index (κ2) is 19.4. The topological polar surface area (TPSA) is 185 Å². The molecule has 1 amide bonds. The number of ether oxygens (including phenoxy) is 4. The van der Waals surface area contributed by atoms with Crippen molar-refractivity contribution in [3.63, 3.8) is 0 Å². The summed E-state index contributed by atoms with van der Waals surface area (Å²) in [5, 5.41) is 8.68. The molecule has 3 rings (SSSR count). The molecule has 2 atom stereocenters. The van der Waals surface area contributed by atoms with Gasteiger partial charge in [0, 0.05) is 12.8 Å². The van der Waals surface area contributed by atoms with Gasteiger partial charge in [-0.15, -0.1) is 0 Å². The molecule has 1 saturated heterocycles. The van der Waals surface area contributed by atoms with Gasteiger partial charge >= 0.3 is 11.9 Å². The number of carbonyl (C=O) groups excluding carboxylic acids is 3. The molecule has 0 saturated carbocycles. The molecule has 3 heterocycles. The molecule has 0 aliphatic carbocycles. The first-order valence-corrected chi connectivity index (χ1v) is 19.9. The minimum absolute atomic E-state index is 0.246. The van der Waals surface area contributed by atoms with Gasteiger partial charge in [-0.1, -0.05) is 59.0 Å². The number of anilines is 1. The van der Waals surface area contributed by atoms with Gasteiger partial charge in [0.1, 0.15) is 23.8 Å². The van der Waals surface area contributed by atoms with E-state index in [1.165, 1.54) is 6.33 Å². The maximum atomic E-state index is 14.6. The van der Waals surface area contributed by atoms with Gasteiger partial charge in [-0.3, -0.25) is 18.9 Å². The Morgan fingerprint density at radius 2 is 1.55 bits per heavy atom. The molecule has 286 valence electrons. The number of imidazole rings is 1. The molecule has 1 fully saturated rings. The predicted octanol–water partition coefficient (Wildman–Crippen LogP) is 6.00. The highest BCUT2D eigenvalue weighted by Crippen LogP contribution is 2.42. The lowest BCUT2D eigenvalue weighted by Gasteiger charge is -2.35. The number of allylic oxidation sites excluding steroid dienone is 1. The van der Waals surface area contributed by atoms with E-state index >= 15 is 0 Å². The Bertz CT molecular complexity index is 1480. The third kappa shape index (κ3) is 13.0. The maximum Gasteiger partial charge on any atom is 0.326 e. The summed E-state index contributed by atoms with van der Waals surface area (Å²) < 4.78 is 39.0. The number of aromatic nitrogens is 4. The van der Waals surface area contributed by atoms with Gasteiger partial charge in [-0.25, -0.2) is 25.1 Å². The van der Waals surface area contributed by atoms with Gasteiger partial charge in [-0.2, -0.15) is 0 Å². The summed E-state index contributed by atoms with van der Waals surface area (Å²) in [6, 6.07) is 0. The third-order valence-electron chi connectivity index (χ3n) is 8.33. The van der Waals surface area contributed by atoms with Crippen LogP contribution in [0.3, 0.4) is 0 Å². The van der Waals surface area contributed by atoms with Crippen molar-refractivity contribution in [2.45, 2.75) is 143 Å². The molecule has 0 radical (unpaired) electrons. The predicted molar refractivity (Wildman–Crippen MR) is 195 cm³/mol. The molecule has 2 aromatic heterocycles. The highest BCUT2D eigenvalue weighted by molar-refractivity contribution is 7.59. The molecule has 0 unspecified atom stereocenters. The van der Waals surface area contributed by atoms with Crippen molar-refractivity contribution in [1.82, 2.24) is 29.7 Å². The smallest absolute Gasteiger partial charge is 0.326 e. The van der Waals surface area contributed by atoms with E-state index in [2.05, 4.69) is 50.9 Å². The summed E-state index contributed by atoms with van der Waals surface area (Å²) in [4.78, 5) is 52.0. The quantitative estimate of drug-likeness (QED) is 0.0687.